The van der Waals surface area contributed by atoms with Crippen molar-refractivity contribution in [1.29, 1.82) is 15.8 Å². The lowest BCUT2D eigenvalue weighted by Gasteiger charge is -1.92. The molecular weight excluding hydrogens is 194 g/mol. The molecule has 70 valence electrons. The quantitative estimate of drug-likeness (QED) is 0.316. The second-order valence-electron chi connectivity index (χ2n) is 2.74. The van der Waals surface area contributed by atoms with Crippen LogP contribution in [-0.2, 0) is 9.59 Å². The van der Waals surface area contributed by atoms with Gasteiger partial charge in [0.05, 0.1) is 11.1 Å². The Labute approximate surface area is 85.1 Å². The van der Waals surface area contributed by atoms with Crippen LogP contribution in [0.3, 0.4) is 0 Å². The van der Waals surface area contributed by atoms with Crippen LogP contribution in [0.25, 0.3) is 0 Å². The molecule has 1 rings (SSSR count). The molecule has 0 aromatic heterocycles. The Morgan fingerprint density at radius 3 is 2.00 bits per heavy atom. The first kappa shape index (κ1) is 10.4. The first-order valence-corrected chi connectivity index (χ1v) is 3.83. The minimum atomic E-state index is -0.956. The highest BCUT2D eigenvalue weighted by Crippen LogP contribution is 2.27. The van der Waals surface area contributed by atoms with Crippen molar-refractivity contribution in [2.45, 2.75) is 6.92 Å². The molecule has 0 atom stereocenters. The molecule has 1 aliphatic carbocycles. The molecule has 0 saturated heterocycles. The summed E-state index contributed by atoms with van der Waals surface area (Å²) in [6, 6.07) is 4.63. The zero-order chi connectivity index (χ0) is 11.6. The van der Waals surface area contributed by atoms with Gasteiger partial charge < -0.3 is 0 Å². The fraction of sp³-hybridized carbons (Fsp3) is 0.100. The third-order valence-corrected chi connectivity index (χ3v) is 1.98. The van der Waals surface area contributed by atoms with Crippen LogP contribution >= 0.6 is 0 Å². The SMILES string of the molecule is CC1=C(C#N)C(=C(C#N)C#N)C(=O)C1=O. The van der Waals surface area contributed by atoms with E-state index in [4.69, 9.17) is 15.8 Å². The zero-order valence-electron chi connectivity index (χ0n) is 7.66. The van der Waals surface area contributed by atoms with Gasteiger partial charge in [0, 0.05) is 5.57 Å². The molecule has 0 aliphatic heterocycles. The Morgan fingerprint density at radius 1 is 1.07 bits per heavy atom. The van der Waals surface area contributed by atoms with Crippen molar-refractivity contribution >= 4 is 11.6 Å². The summed E-state index contributed by atoms with van der Waals surface area (Å²) in [4.78, 5) is 22.6. The standard InChI is InChI=1S/C10H3N3O2/c1-5-7(4-13)8(6(2-11)3-12)10(15)9(5)14/h1H3. The van der Waals surface area contributed by atoms with Crippen LogP contribution in [0.1, 0.15) is 6.92 Å². The van der Waals surface area contributed by atoms with E-state index in [1.54, 1.807) is 6.07 Å². The van der Waals surface area contributed by atoms with Gasteiger partial charge >= 0.3 is 0 Å². The van der Waals surface area contributed by atoms with Gasteiger partial charge in [0.25, 0.3) is 0 Å². The van der Waals surface area contributed by atoms with Crippen LogP contribution in [0.4, 0.5) is 0 Å². The number of hydrogen-bond donors (Lipinski definition) is 0. The fourth-order valence-electron chi connectivity index (χ4n) is 1.21. The van der Waals surface area contributed by atoms with Gasteiger partial charge in [-0.2, -0.15) is 15.8 Å². The Kier molecular flexibility index (Phi) is 2.47. The first-order chi connectivity index (χ1) is 7.08. The van der Waals surface area contributed by atoms with E-state index < -0.39 is 17.1 Å². The van der Waals surface area contributed by atoms with E-state index >= 15 is 0 Å². The monoisotopic (exact) mass is 197 g/mol. The summed E-state index contributed by atoms with van der Waals surface area (Å²) < 4.78 is 0. The van der Waals surface area contributed by atoms with Crippen molar-refractivity contribution in [3.63, 3.8) is 0 Å². The highest BCUT2D eigenvalue weighted by atomic mass is 16.2. The highest BCUT2D eigenvalue weighted by Gasteiger charge is 2.36. The highest BCUT2D eigenvalue weighted by molar-refractivity contribution is 6.54. The minimum Gasteiger partial charge on any atom is -0.285 e. The van der Waals surface area contributed by atoms with Crippen LogP contribution in [0.2, 0.25) is 0 Å². The number of hydrogen-bond acceptors (Lipinski definition) is 5. The van der Waals surface area contributed by atoms with E-state index in [0.29, 0.717) is 0 Å². The molecule has 0 amide bonds. The Balaban J connectivity index is 3.64. The van der Waals surface area contributed by atoms with Gasteiger partial charge in [-0.15, -0.1) is 0 Å². The lowest BCUT2D eigenvalue weighted by atomic mass is 10.0. The zero-order valence-corrected chi connectivity index (χ0v) is 7.66. The summed E-state index contributed by atoms with van der Waals surface area (Å²) >= 11 is 0. The van der Waals surface area contributed by atoms with Gasteiger partial charge in [-0.3, -0.25) is 9.59 Å². The number of allylic oxidation sites excluding steroid dienone is 4. The molecule has 5 heteroatoms. The summed E-state index contributed by atoms with van der Waals surface area (Å²) in [5.41, 5.74) is -1.06. The molecule has 0 aromatic rings. The van der Waals surface area contributed by atoms with Gasteiger partial charge in [-0.25, -0.2) is 0 Å². The third kappa shape index (κ3) is 1.31. The molecule has 0 aromatic carbocycles. The van der Waals surface area contributed by atoms with Crippen molar-refractivity contribution in [1.82, 2.24) is 0 Å². The van der Waals surface area contributed by atoms with Crippen LogP contribution in [-0.4, -0.2) is 11.6 Å². The largest absolute Gasteiger partial charge is 0.285 e. The molecule has 0 saturated carbocycles. The maximum absolute atomic E-state index is 11.3. The molecular formula is C10H3N3O2. The van der Waals surface area contributed by atoms with E-state index in [-0.39, 0.29) is 16.7 Å². The maximum Gasteiger partial charge on any atom is 0.236 e. The van der Waals surface area contributed by atoms with Crippen molar-refractivity contribution in [3.8, 4) is 18.2 Å². The number of Topliss-reactive ketones (excluding diaryl/α,β-unsaturated/α-hetero) is 2. The Hall–Kier alpha value is -2.71. The molecule has 0 spiro atoms. The van der Waals surface area contributed by atoms with Crippen LogP contribution < -0.4 is 0 Å². The molecule has 15 heavy (non-hydrogen) atoms. The normalized spacial score (nSPS) is 14.7. The summed E-state index contributed by atoms with van der Waals surface area (Å²) in [6.45, 7) is 1.32. The van der Waals surface area contributed by atoms with E-state index in [0.717, 1.165) is 0 Å². The smallest absolute Gasteiger partial charge is 0.236 e. The Bertz CT molecular complexity index is 543. The van der Waals surface area contributed by atoms with Gasteiger partial charge in [0.1, 0.15) is 23.8 Å². The average Bonchev–Trinajstić information content (AvgIpc) is 2.46. The lowest BCUT2D eigenvalue weighted by molar-refractivity contribution is -0.131. The second kappa shape index (κ2) is 3.57. The summed E-state index contributed by atoms with van der Waals surface area (Å²) in [5, 5.41) is 25.8. The van der Waals surface area contributed by atoms with Crippen molar-refractivity contribution in [2.75, 3.05) is 0 Å². The summed E-state index contributed by atoms with van der Waals surface area (Å²) in [6.07, 6.45) is 0. The van der Waals surface area contributed by atoms with E-state index in [9.17, 15) is 9.59 Å². The van der Waals surface area contributed by atoms with Gasteiger partial charge in [0.2, 0.25) is 11.6 Å². The number of nitrogens with zero attached hydrogens (tertiary/aromatic N) is 3. The summed E-state index contributed by atoms with van der Waals surface area (Å²) in [5.74, 6) is -1.79. The van der Waals surface area contributed by atoms with Crippen molar-refractivity contribution < 1.29 is 9.59 Å². The van der Waals surface area contributed by atoms with Crippen molar-refractivity contribution in [2.24, 2.45) is 0 Å². The first-order valence-electron chi connectivity index (χ1n) is 3.83. The minimum absolute atomic E-state index is 0.0134. The molecule has 0 fully saturated rings. The summed E-state index contributed by atoms with van der Waals surface area (Å²) in [7, 11) is 0. The molecule has 0 radical (unpaired) electrons. The van der Waals surface area contributed by atoms with E-state index in [2.05, 4.69) is 0 Å². The van der Waals surface area contributed by atoms with Gasteiger partial charge in [-0.1, -0.05) is 0 Å². The second-order valence-corrected chi connectivity index (χ2v) is 2.74. The Morgan fingerprint density at radius 2 is 1.60 bits per heavy atom. The van der Waals surface area contributed by atoms with E-state index in [1.165, 1.54) is 19.1 Å². The molecule has 0 bridgehead atoms. The molecule has 1 aliphatic rings. The predicted octanol–water partition coefficient (Wildman–Crippen LogP) is 0.322. The van der Waals surface area contributed by atoms with Gasteiger partial charge in [-0.05, 0) is 6.92 Å². The molecule has 0 heterocycles. The molecule has 0 N–H and O–H groups in total. The predicted molar refractivity (Wildman–Crippen MR) is 46.6 cm³/mol. The van der Waals surface area contributed by atoms with Crippen molar-refractivity contribution in [3.05, 3.63) is 22.3 Å². The topological polar surface area (TPSA) is 106 Å². The number of rotatable bonds is 0. The van der Waals surface area contributed by atoms with Crippen LogP contribution in [0.15, 0.2) is 22.3 Å². The lowest BCUT2D eigenvalue weighted by Crippen LogP contribution is -2.10. The average molecular weight is 197 g/mol. The molecule has 0 unspecified atom stereocenters. The number of carbonyl (C=O) groups is 2. The number of nitriles is 3. The van der Waals surface area contributed by atoms with Crippen LogP contribution in [0.5, 0.6) is 0 Å². The number of ketones is 2. The number of carbonyl (C=O) groups excluding carboxylic acids is 2. The van der Waals surface area contributed by atoms with E-state index in [1.807, 2.05) is 0 Å². The maximum atomic E-state index is 11.3. The molecule has 5 nitrogen and oxygen atoms in total. The van der Waals surface area contributed by atoms with Crippen LogP contribution in [0, 0.1) is 34.0 Å². The van der Waals surface area contributed by atoms with Gasteiger partial charge in [0.15, 0.2) is 0 Å². The fourth-order valence-corrected chi connectivity index (χ4v) is 1.21. The third-order valence-electron chi connectivity index (χ3n) is 1.98.